The summed E-state index contributed by atoms with van der Waals surface area (Å²) in [5, 5.41) is 21.8. The Morgan fingerprint density at radius 2 is 1.97 bits per heavy atom. The average Bonchev–Trinajstić information content (AvgIpc) is 3.46. The first-order valence-corrected chi connectivity index (χ1v) is 12.4. The van der Waals surface area contributed by atoms with E-state index >= 15 is 0 Å². The van der Waals surface area contributed by atoms with Crippen molar-refractivity contribution >= 4 is 17.4 Å². The van der Waals surface area contributed by atoms with Crippen molar-refractivity contribution in [3.05, 3.63) is 71.4 Å². The number of nitrogens with one attached hydrogen (secondary N) is 3. The van der Waals surface area contributed by atoms with Crippen LogP contribution in [-0.2, 0) is 12.0 Å². The van der Waals surface area contributed by atoms with Gasteiger partial charge in [0.05, 0.1) is 35.4 Å². The van der Waals surface area contributed by atoms with Gasteiger partial charge in [-0.25, -0.2) is 9.67 Å². The van der Waals surface area contributed by atoms with Crippen molar-refractivity contribution in [2.24, 2.45) is 0 Å². The number of aromatic amines is 1. The summed E-state index contributed by atoms with van der Waals surface area (Å²) < 4.78 is 1.72. The molecule has 1 atom stereocenters. The first-order chi connectivity index (χ1) is 17.3. The average molecular weight is 485 g/mol. The molecule has 0 fully saturated rings. The smallest absolute Gasteiger partial charge is 0.273 e. The summed E-state index contributed by atoms with van der Waals surface area (Å²) in [5.41, 5.74) is 6.64. The van der Waals surface area contributed by atoms with E-state index < -0.39 is 0 Å². The monoisotopic (exact) mass is 484 g/mol. The van der Waals surface area contributed by atoms with Gasteiger partial charge in [-0.15, -0.1) is 5.10 Å². The molecule has 1 aliphatic carbocycles. The Kier molecular flexibility index (Phi) is 6.30. The molecule has 36 heavy (non-hydrogen) atoms. The SMILES string of the molecule is Cc1[nH]ncc1Nc1cc(-c2ccc3c(c2)CCCC[C@@H]3NC(=O)c2cn(C(C)(C)C)nn2)ccn1. The van der Waals surface area contributed by atoms with Crippen LogP contribution in [0.25, 0.3) is 11.1 Å². The number of carbonyl (C=O) groups excluding carboxylic acids is 1. The van der Waals surface area contributed by atoms with Crippen LogP contribution in [0.2, 0.25) is 0 Å². The Labute approximate surface area is 210 Å². The van der Waals surface area contributed by atoms with Gasteiger partial charge in [0.15, 0.2) is 5.69 Å². The number of hydrogen-bond acceptors (Lipinski definition) is 6. The number of hydrogen-bond donors (Lipinski definition) is 3. The van der Waals surface area contributed by atoms with Gasteiger partial charge >= 0.3 is 0 Å². The zero-order valence-corrected chi connectivity index (χ0v) is 21.2. The van der Waals surface area contributed by atoms with E-state index in [1.54, 1.807) is 17.1 Å². The molecule has 9 nitrogen and oxygen atoms in total. The van der Waals surface area contributed by atoms with Gasteiger partial charge in [0.2, 0.25) is 0 Å². The summed E-state index contributed by atoms with van der Waals surface area (Å²) in [6.07, 6.45) is 9.31. The van der Waals surface area contributed by atoms with Gasteiger partial charge in [0, 0.05) is 6.20 Å². The van der Waals surface area contributed by atoms with Gasteiger partial charge in [0.1, 0.15) is 5.82 Å². The van der Waals surface area contributed by atoms with Gasteiger partial charge in [0.25, 0.3) is 5.91 Å². The second-order valence-corrected chi connectivity index (χ2v) is 10.4. The molecule has 0 aliphatic heterocycles. The van der Waals surface area contributed by atoms with Crippen molar-refractivity contribution in [2.75, 3.05) is 5.32 Å². The molecule has 0 spiro atoms. The van der Waals surface area contributed by atoms with E-state index in [0.717, 1.165) is 54.0 Å². The Morgan fingerprint density at radius 1 is 1.14 bits per heavy atom. The number of aromatic nitrogens is 6. The van der Waals surface area contributed by atoms with Gasteiger partial charge in [-0.1, -0.05) is 29.8 Å². The van der Waals surface area contributed by atoms with E-state index in [4.69, 9.17) is 0 Å². The Bertz CT molecular complexity index is 1380. The van der Waals surface area contributed by atoms with E-state index in [1.165, 1.54) is 11.1 Å². The molecule has 0 saturated carbocycles. The fraction of sp³-hybridized carbons (Fsp3) is 0.370. The van der Waals surface area contributed by atoms with Crippen molar-refractivity contribution in [1.82, 2.24) is 35.5 Å². The fourth-order valence-corrected chi connectivity index (χ4v) is 4.53. The van der Waals surface area contributed by atoms with Gasteiger partial charge in [-0.2, -0.15) is 5.10 Å². The zero-order valence-electron chi connectivity index (χ0n) is 21.2. The first kappa shape index (κ1) is 23.7. The maximum atomic E-state index is 13.0. The molecular weight excluding hydrogens is 452 g/mol. The molecule has 5 rings (SSSR count). The van der Waals surface area contributed by atoms with Crippen molar-refractivity contribution in [2.45, 2.75) is 65.0 Å². The third-order valence-corrected chi connectivity index (χ3v) is 6.61. The lowest BCUT2D eigenvalue weighted by Crippen LogP contribution is -2.29. The van der Waals surface area contributed by atoms with Crippen LogP contribution in [0.15, 0.2) is 48.9 Å². The molecule has 0 unspecified atom stereocenters. The molecule has 3 aromatic heterocycles. The Hall–Kier alpha value is -4.01. The highest BCUT2D eigenvalue weighted by Crippen LogP contribution is 2.33. The third-order valence-electron chi connectivity index (χ3n) is 6.61. The molecule has 3 N–H and O–H groups in total. The highest BCUT2D eigenvalue weighted by Gasteiger charge is 2.24. The number of nitrogens with zero attached hydrogens (tertiary/aromatic N) is 5. The number of benzene rings is 1. The van der Waals surface area contributed by atoms with Crippen molar-refractivity contribution in [3.63, 3.8) is 0 Å². The molecule has 0 bridgehead atoms. The van der Waals surface area contributed by atoms with Crippen molar-refractivity contribution in [3.8, 4) is 11.1 Å². The number of aryl methyl sites for hydroxylation is 2. The number of H-pyrrole nitrogens is 1. The highest BCUT2D eigenvalue weighted by molar-refractivity contribution is 5.92. The van der Waals surface area contributed by atoms with Gasteiger partial charge in [-0.3, -0.25) is 9.89 Å². The van der Waals surface area contributed by atoms with Crippen LogP contribution in [0, 0.1) is 6.92 Å². The third kappa shape index (κ3) is 5.00. The number of amides is 1. The maximum Gasteiger partial charge on any atom is 0.273 e. The summed E-state index contributed by atoms with van der Waals surface area (Å²) in [6, 6.07) is 10.5. The lowest BCUT2D eigenvalue weighted by atomic mass is 9.94. The molecule has 3 heterocycles. The number of rotatable bonds is 5. The van der Waals surface area contributed by atoms with Crippen molar-refractivity contribution in [1.29, 1.82) is 0 Å². The molecule has 1 aliphatic rings. The van der Waals surface area contributed by atoms with E-state index in [2.05, 4.69) is 54.3 Å². The van der Waals surface area contributed by atoms with Crippen LogP contribution in [0.5, 0.6) is 0 Å². The lowest BCUT2D eigenvalue weighted by Gasteiger charge is -2.20. The summed E-state index contributed by atoms with van der Waals surface area (Å²) in [4.78, 5) is 17.5. The van der Waals surface area contributed by atoms with Crippen LogP contribution in [-0.4, -0.2) is 36.1 Å². The highest BCUT2D eigenvalue weighted by atomic mass is 16.2. The Balaban J connectivity index is 1.37. The standard InChI is InChI=1S/C27H32N8O/c1-17-23(15-29-32-17)30-25-14-19(11-12-28-25)18-9-10-21-20(13-18)7-5-6-8-22(21)31-26(36)24-16-35(34-33-24)27(2,3)4/h9-16,22H,5-8H2,1-4H3,(H,28,30)(H,29,32)(H,31,36)/t22-/m0/s1. The summed E-state index contributed by atoms with van der Waals surface area (Å²) in [7, 11) is 0. The Morgan fingerprint density at radius 3 is 2.72 bits per heavy atom. The summed E-state index contributed by atoms with van der Waals surface area (Å²) in [5.74, 6) is 0.576. The first-order valence-electron chi connectivity index (χ1n) is 12.4. The van der Waals surface area contributed by atoms with Crippen LogP contribution in [0.1, 0.15) is 73.4 Å². The quantitative estimate of drug-likeness (QED) is 0.341. The van der Waals surface area contributed by atoms with E-state index in [-0.39, 0.29) is 17.5 Å². The van der Waals surface area contributed by atoms with E-state index in [0.29, 0.717) is 5.69 Å². The molecule has 186 valence electrons. The zero-order chi connectivity index (χ0) is 25.3. The molecule has 9 heteroatoms. The minimum atomic E-state index is -0.226. The predicted octanol–water partition coefficient (Wildman–Crippen LogP) is 5.07. The van der Waals surface area contributed by atoms with Gasteiger partial charge < -0.3 is 10.6 Å². The molecule has 4 aromatic rings. The largest absolute Gasteiger partial charge is 0.344 e. The van der Waals surface area contributed by atoms with Crippen LogP contribution in [0.4, 0.5) is 11.5 Å². The normalized spacial score (nSPS) is 15.7. The minimum Gasteiger partial charge on any atom is -0.344 e. The van der Waals surface area contributed by atoms with Crippen LogP contribution < -0.4 is 10.6 Å². The minimum absolute atomic E-state index is 0.0532. The van der Waals surface area contributed by atoms with Crippen LogP contribution >= 0.6 is 0 Å². The number of pyridine rings is 1. The fourth-order valence-electron chi connectivity index (χ4n) is 4.53. The predicted molar refractivity (Wildman–Crippen MR) is 139 cm³/mol. The van der Waals surface area contributed by atoms with E-state index in [1.807, 2.05) is 46.0 Å². The van der Waals surface area contributed by atoms with Crippen LogP contribution in [0.3, 0.4) is 0 Å². The lowest BCUT2D eigenvalue weighted by molar-refractivity contribution is 0.0929. The maximum absolute atomic E-state index is 13.0. The van der Waals surface area contributed by atoms with Gasteiger partial charge in [-0.05, 0) is 81.3 Å². The molecule has 1 aromatic carbocycles. The molecular formula is C27H32N8O. The number of fused-ring (bicyclic) bond motifs is 1. The summed E-state index contributed by atoms with van der Waals surface area (Å²) in [6.45, 7) is 8.06. The molecule has 0 radical (unpaired) electrons. The molecule has 1 amide bonds. The van der Waals surface area contributed by atoms with E-state index in [9.17, 15) is 4.79 Å². The number of anilines is 2. The second-order valence-electron chi connectivity index (χ2n) is 10.4. The van der Waals surface area contributed by atoms with Crippen molar-refractivity contribution < 1.29 is 4.79 Å². The number of carbonyl (C=O) groups is 1. The molecule has 0 saturated heterocycles. The summed E-state index contributed by atoms with van der Waals surface area (Å²) >= 11 is 0. The second kappa shape index (κ2) is 9.56. The topological polar surface area (TPSA) is 113 Å².